The van der Waals surface area contributed by atoms with Gasteiger partial charge in [-0.3, -0.25) is 9.36 Å². The smallest absolute Gasteiger partial charge is 0.351 e. The van der Waals surface area contributed by atoms with Crippen molar-refractivity contribution < 1.29 is 24.1 Å². The van der Waals surface area contributed by atoms with Crippen LogP contribution in [0.3, 0.4) is 0 Å². The van der Waals surface area contributed by atoms with Crippen LogP contribution in [-0.4, -0.2) is 50.7 Å². The van der Waals surface area contributed by atoms with Crippen molar-refractivity contribution in [3.8, 4) is 6.07 Å². The lowest BCUT2D eigenvalue weighted by Crippen LogP contribution is -2.48. The number of nitrogens with zero attached hydrogens (tertiary/aromatic N) is 3. The van der Waals surface area contributed by atoms with E-state index < -0.39 is 42.3 Å². The SMILES string of the molecule is N#CCC[C@@]1(n2ccc(NC(=O)c3ccccc3)nc2=O)O[C@H](CO)[C@@H](O)[C@H]1F. The first-order valence-electron chi connectivity index (χ1n) is 8.87. The number of aromatic nitrogens is 2. The third kappa shape index (κ3) is 3.88. The van der Waals surface area contributed by atoms with Crippen molar-refractivity contribution in [3.63, 3.8) is 0 Å². The first-order valence-corrected chi connectivity index (χ1v) is 8.87. The zero-order valence-electron chi connectivity index (χ0n) is 15.2. The maximum atomic E-state index is 14.9. The van der Waals surface area contributed by atoms with Gasteiger partial charge in [-0.05, 0) is 18.2 Å². The molecule has 0 aliphatic carbocycles. The fourth-order valence-electron chi connectivity index (χ4n) is 3.28. The van der Waals surface area contributed by atoms with E-state index in [1.807, 2.05) is 6.07 Å². The Labute approximate surface area is 165 Å². The topological polar surface area (TPSA) is 137 Å². The molecule has 1 aromatic carbocycles. The van der Waals surface area contributed by atoms with Crippen LogP contribution in [0.4, 0.5) is 10.2 Å². The summed E-state index contributed by atoms with van der Waals surface area (Å²) in [4.78, 5) is 28.5. The summed E-state index contributed by atoms with van der Waals surface area (Å²) < 4.78 is 21.3. The minimum atomic E-state index is -2.07. The molecule has 0 bridgehead atoms. The largest absolute Gasteiger partial charge is 0.394 e. The number of rotatable bonds is 6. The number of hydrogen-bond donors (Lipinski definition) is 3. The molecule has 1 aliphatic heterocycles. The van der Waals surface area contributed by atoms with Crippen molar-refractivity contribution in [3.05, 3.63) is 58.6 Å². The van der Waals surface area contributed by atoms with E-state index in [2.05, 4.69) is 10.3 Å². The number of aliphatic hydroxyl groups excluding tert-OH is 2. The lowest BCUT2D eigenvalue weighted by atomic mass is 9.99. The lowest BCUT2D eigenvalue weighted by Gasteiger charge is -2.32. The highest BCUT2D eigenvalue weighted by molar-refractivity contribution is 6.03. The van der Waals surface area contributed by atoms with Gasteiger partial charge in [0, 0.05) is 24.6 Å². The van der Waals surface area contributed by atoms with E-state index in [0.717, 1.165) is 4.57 Å². The first-order chi connectivity index (χ1) is 13.9. The molecule has 4 atom stereocenters. The highest BCUT2D eigenvalue weighted by Crippen LogP contribution is 2.40. The van der Waals surface area contributed by atoms with E-state index in [1.54, 1.807) is 30.3 Å². The summed E-state index contributed by atoms with van der Waals surface area (Å²) in [5.74, 6) is -0.533. The fraction of sp³-hybridized carbons (Fsp3) is 0.368. The zero-order chi connectivity index (χ0) is 21.0. The van der Waals surface area contributed by atoms with Gasteiger partial charge in [-0.2, -0.15) is 10.2 Å². The van der Waals surface area contributed by atoms with Crippen molar-refractivity contribution in [2.75, 3.05) is 11.9 Å². The van der Waals surface area contributed by atoms with Crippen LogP contribution >= 0.6 is 0 Å². The van der Waals surface area contributed by atoms with E-state index in [4.69, 9.17) is 10.00 Å². The predicted molar refractivity (Wildman–Crippen MR) is 98.6 cm³/mol. The molecule has 0 spiro atoms. The Balaban J connectivity index is 1.92. The zero-order valence-corrected chi connectivity index (χ0v) is 15.2. The Kier molecular flexibility index (Phi) is 6.03. The van der Waals surface area contributed by atoms with Gasteiger partial charge >= 0.3 is 5.69 Å². The third-order valence-electron chi connectivity index (χ3n) is 4.73. The monoisotopic (exact) mass is 402 g/mol. The number of benzene rings is 1. The van der Waals surface area contributed by atoms with Gasteiger partial charge in [-0.25, -0.2) is 9.18 Å². The Morgan fingerprint density at radius 2 is 2.10 bits per heavy atom. The van der Waals surface area contributed by atoms with Crippen LogP contribution < -0.4 is 11.0 Å². The van der Waals surface area contributed by atoms with Crippen molar-refractivity contribution in [1.82, 2.24) is 9.55 Å². The number of hydrogen-bond acceptors (Lipinski definition) is 7. The van der Waals surface area contributed by atoms with Gasteiger partial charge in [0.05, 0.1) is 12.7 Å². The molecule has 1 aromatic heterocycles. The first kappa shape index (κ1) is 20.6. The van der Waals surface area contributed by atoms with Crippen LogP contribution in [0.5, 0.6) is 0 Å². The molecule has 10 heteroatoms. The van der Waals surface area contributed by atoms with Crippen LogP contribution in [0, 0.1) is 11.3 Å². The van der Waals surface area contributed by atoms with Crippen LogP contribution in [0.25, 0.3) is 0 Å². The van der Waals surface area contributed by atoms with Gasteiger partial charge < -0.3 is 20.3 Å². The second-order valence-corrected chi connectivity index (χ2v) is 6.52. The number of ether oxygens (including phenoxy) is 1. The summed E-state index contributed by atoms with van der Waals surface area (Å²) >= 11 is 0. The second-order valence-electron chi connectivity index (χ2n) is 6.52. The number of carbonyl (C=O) groups is 1. The molecule has 0 unspecified atom stereocenters. The van der Waals surface area contributed by atoms with Gasteiger partial charge in [-0.15, -0.1) is 0 Å². The maximum absolute atomic E-state index is 14.9. The Morgan fingerprint density at radius 1 is 1.38 bits per heavy atom. The van der Waals surface area contributed by atoms with E-state index in [0.29, 0.717) is 5.56 Å². The molecule has 1 fully saturated rings. The van der Waals surface area contributed by atoms with Gasteiger partial charge in [0.1, 0.15) is 18.0 Å². The van der Waals surface area contributed by atoms with Crippen molar-refractivity contribution in [2.24, 2.45) is 0 Å². The predicted octanol–water partition coefficient (Wildman–Crippen LogP) is 0.542. The Bertz CT molecular complexity index is 977. The molecule has 152 valence electrons. The summed E-state index contributed by atoms with van der Waals surface area (Å²) in [7, 11) is 0. The van der Waals surface area contributed by atoms with E-state index in [-0.39, 0.29) is 18.7 Å². The molecule has 3 rings (SSSR count). The molecule has 0 radical (unpaired) electrons. The van der Waals surface area contributed by atoms with E-state index in [9.17, 15) is 24.2 Å². The number of aliphatic hydroxyl groups is 2. The quantitative estimate of drug-likeness (QED) is 0.641. The van der Waals surface area contributed by atoms with Crippen molar-refractivity contribution in [1.29, 1.82) is 5.26 Å². The molecule has 29 heavy (non-hydrogen) atoms. The maximum Gasteiger partial charge on any atom is 0.351 e. The molecular weight excluding hydrogens is 383 g/mol. The Hall–Kier alpha value is -3.13. The number of anilines is 1. The summed E-state index contributed by atoms with van der Waals surface area (Å²) in [6.07, 6.45) is -4.24. The molecule has 9 nitrogen and oxygen atoms in total. The Morgan fingerprint density at radius 3 is 2.69 bits per heavy atom. The standard InChI is InChI=1S/C19H19FN4O5/c20-16-15(26)13(11-25)29-19(16,8-4-9-21)24-10-7-14(23-18(24)28)22-17(27)12-5-2-1-3-6-12/h1-3,5-7,10,13,15-16,25-26H,4,8,11H2,(H,22,23,27,28)/t13-,15-,16-,19-/m1/s1. The van der Waals surface area contributed by atoms with Crippen molar-refractivity contribution >= 4 is 11.7 Å². The van der Waals surface area contributed by atoms with Gasteiger partial charge in [0.15, 0.2) is 11.9 Å². The summed E-state index contributed by atoms with van der Waals surface area (Å²) in [5.41, 5.74) is -2.57. The average molecular weight is 402 g/mol. The second kappa shape index (κ2) is 8.48. The van der Waals surface area contributed by atoms with Crippen LogP contribution in [0.15, 0.2) is 47.4 Å². The summed E-state index contributed by atoms with van der Waals surface area (Å²) in [6, 6.07) is 11.4. The fourth-order valence-corrected chi connectivity index (χ4v) is 3.28. The van der Waals surface area contributed by atoms with Gasteiger partial charge in [0.25, 0.3) is 5.91 Å². The molecule has 1 aliphatic rings. The van der Waals surface area contributed by atoms with E-state index in [1.165, 1.54) is 12.3 Å². The summed E-state index contributed by atoms with van der Waals surface area (Å²) in [6.45, 7) is -0.663. The van der Waals surface area contributed by atoms with Crippen LogP contribution in [0.2, 0.25) is 0 Å². The third-order valence-corrected chi connectivity index (χ3v) is 4.73. The minimum absolute atomic E-state index is 0.0526. The molecular formula is C19H19FN4O5. The normalized spacial score (nSPS) is 26.1. The minimum Gasteiger partial charge on any atom is -0.394 e. The highest BCUT2D eigenvalue weighted by Gasteiger charge is 2.56. The molecule has 1 amide bonds. The lowest BCUT2D eigenvalue weighted by molar-refractivity contribution is -0.140. The number of nitrogens with one attached hydrogen (secondary N) is 1. The highest BCUT2D eigenvalue weighted by atomic mass is 19.1. The summed E-state index contributed by atoms with van der Waals surface area (Å²) in [5, 5.41) is 30.7. The molecule has 2 heterocycles. The van der Waals surface area contributed by atoms with Gasteiger partial charge in [-0.1, -0.05) is 18.2 Å². The van der Waals surface area contributed by atoms with E-state index >= 15 is 0 Å². The van der Waals surface area contributed by atoms with Crippen molar-refractivity contribution in [2.45, 2.75) is 36.9 Å². The molecule has 0 saturated carbocycles. The number of halogens is 1. The average Bonchev–Trinajstić information content (AvgIpc) is 2.98. The number of amides is 1. The van der Waals surface area contributed by atoms with Crippen LogP contribution in [-0.2, 0) is 10.5 Å². The molecule has 2 aromatic rings. The van der Waals surface area contributed by atoms with Crippen LogP contribution in [0.1, 0.15) is 23.2 Å². The number of carbonyl (C=O) groups excluding carboxylic acids is 1. The van der Waals surface area contributed by atoms with Gasteiger partial charge in [0.2, 0.25) is 0 Å². The molecule has 1 saturated heterocycles. The number of nitriles is 1. The molecule has 3 N–H and O–H groups in total. The number of alkyl halides is 1.